The fourth-order valence-corrected chi connectivity index (χ4v) is 3.37. The summed E-state index contributed by atoms with van der Waals surface area (Å²) in [6.07, 6.45) is -4.94. The van der Waals surface area contributed by atoms with E-state index in [9.17, 15) is 27.6 Å². The highest BCUT2D eigenvalue weighted by Crippen LogP contribution is 2.25. The smallest absolute Gasteiger partial charge is 0.464 e. The predicted octanol–water partition coefficient (Wildman–Crippen LogP) is 2.08. The maximum absolute atomic E-state index is 12.1. The number of anilines is 1. The number of halogens is 3. The van der Waals surface area contributed by atoms with Gasteiger partial charge in [-0.25, -0.2) is 4.79 Å². The first-order valence-electron chi connectivity index (χ1n) is 7.92. The molecule has 1 fully saturated rings. The van der Waals surface area contributed by atoms with Crippen LogP contribution < -0.4 is 15.4 Å². The van der Waals surface area contributed by atoms with Crippen LogP contribution in [0.3, 0.4) is 0 Å². The monoisotopic (exact) mass is 406 g/mol. The van der Waals surface area contributed by atoms with Crippen molar-refractivity contribution in [1.82, 2.24) is 5.32 Å². The Kier molecular flexibility index (Phi) is 6.94. The molecule has 1 aliphatic rings. The number of ether oxygens (including phenoxy) is 2. The molecule has 2 amide bonds. The van der Waals surface area contributed by atoms with Crippen LogP contribution in [0, 0.1) is 0 Å². The van der Waals surface area contributed by atoms with E-state index in [-0.39, 0.29) is 24.5 Å². The Morgan fingerprint density at radius 2 is 1.96 bits per heavy atom. The molecule has 0 unspecified atom stereocenters. The predicted molar refractivity (Wildman–Crippen MR) is 91.2 cm³/mol. The Labute approximate surface area is 157 Å². The third-order valence-corrected chi connectivity index (χ3v) is 4.70. The van der Waals surface area contributed by atoms with Gasteiger partial charge in [0, 0.05) is 17.9 Å². The Bertz CT molecular complexity index is 696. The molecule has 27 heavy (non-hydrogen) atoms. The van der Waals surface area contributed by atoms with Crippen molar-refractivity contribution in [2.45, 2.75) is 31.0 Å². The number of benzene rings is 1. The van der Waals surface area contributed by atoms with E-state index in [1.165, 1.54) is 12.1 Å². The van der Waals surface area contributed by atoms with E-state index in [0.717, 1.165) is 23.9 Å². The molecule has 1 saturated heterocycles. The quantitative estimate of drug-likeness (QED) is 0.703. The molecular formula is C16H17F3N2O5S. The molecule has 0 saturated carbocycles. The summed E-state index contributed by atoms with van der Waals surface area (Å²) in [5, 5.41) is 4.33. The summed E-state index contributed by atoms with van der Waals surface area (Å²) in [4.78, 5) is 35.7. The van der Waals surface area contributed by atoms with Gasteiger partial charge in [0.05, 0.1) is 11.9 Å². The number of rotatable bonds is 6. The minimum atomic E-state index is -4.79. The van der Waals surface area contributed by atoms with Gasteiger partial charge >= 0.3 is 12.3 Å². The number of hydrogen-bond acceptors (Lipinski definition) is 6. The summed E-state index contributed by atoms with van der Waals surface area (Å²) in [5.41, 5.74) is 0.264. The minimum Gasteiger partial charge on any atom is -0.464 e. The highest BCUT2D eigenvalue weighted by Gasteiger charge is 2.34. The van der Waals surface area contributed by atoms with Gasteiger partial charge in [0.1, 0.15) is 11.8 Å². The first kappa shape index (κ1) is 20.9. The lowest BCUT2D eigenvalue weighted by Gasteiger charge is -2.27. The van der Waals surface area contributed by atoms with Gasteiger partial charge < -0.3 is 20.1 Å². The SMILES string of the molecule is CCOC(=O)[C@@H]1CS[C@H](CC(=O)Nc2ccc(OC(F)(F)F)cc2)C(=O)N1. The molecule has 2 rings (SSSR count). The van der Waals surface area contributed by atoms with E-state index in [0.29, 0.717) is 0 Å². The fraction of sp³-hybridized carbons (Fsp3) is 0.438. The lowest BCUT2D eigenvalue weighted by atomic mass is 10.2. The van der Waals surface area contributed by atoms with Crippen LogP contribution in [0.15, 0.2) is 24.3 Å². The van der Waals surface area contributed by atoms with Crippen molar-refractivity contribution in [3.63, 3.8) is 0 Å². The average molecular weight is 406 g/mol. The van der Waals surface area contributed by atoms with E-state index < -0.39 is 41.2 Å². The first-order valence-corrected chi connectivity index (χ1v) is 8.97. The zero-order valence-corrected chi connectivity index (χ0v) is 15.0. The summed E-state index contributed by atoms with van der Waals surface area (Å²) in [6.45, 7) is 1.86. The molecule has 1 heterocycles. The lowest BCUT2D eigenvalue weighted by molar-refractivity contribution is -0.274. The first-order chi connectivity index (χ1) is 12.7. The van der Waals surface area contributed by atoms with Crippen LogP contribution in [0.25, 0.3) is 0 Å². The Hall–Kier alpha value is -2.43. The zero-order valence-electron chi connectivity index (χ0n) is 14.2. The molecule has 1 aromatic carbocycles. The van der Waals surface area contributed by atoms with Crippen LogP contribution in [0.5, 0.6) is 5.75 Å². The topological polar surface area (TPSA) is 93.7 Å². The number of carbonyl (C=O) groups excluding carboxylic acids is 3. The van der Waals surface area contributed by atoms with Crippen molar-refractivity contribution in [1.29, 1.82) is 0 Å². The largest absolute Gasteiger partial charge is 0.573 e. The van der Waals surface area contributed by atoms with Crippen molar-refractivity contribution in [3.05, 3.63) is 24.3 Å². The summed E-state index contributed by atoms with van der Waals surface area (Å²) in [5.74, 6) is -1.59. The van der Waals surface area contributed by atoms with Gasteiger partial charge in [0.25, 0.3) is 0 Å². The van der Waals surface area contributed by atoms with Gasteiger partial charge in [0.15, 0.2) is 0 Å². The van der Waals surface area contributed by atoms with Crippen LogP contribution in [0.1, 0.15) is 13.3 Å². The molecule has 1 aromatic rings. The lowest BCUT2D eigenvalue weighted by Crippen LogP contribution is -2.51. The van der Waals surface area contributed by atoms with Gasteiger partial charge in [-0.15, -0.1) is 24.9 Å². The Morgan fingerprint density at radius 1 is 1.30 bits per heavy atom. The highest BCUT2D eigenvalue weighted by molar-refractivity contribution is 8.00. The van der Waals surface area contributed by atoms with Gasteiger partial charge in [-0.1, -0.05) is 0 Å². The molecule has 11 heteroatoms. The van der Waals surface area contributed by atoms with E-state index in [2.05, 4.69) is 15.4 Å². The number of thioether (sulfide) groups is 1. The molecule has 0 aliphatic carbocycles. The second-order valence-corrected chi connectivity index (χ2v) is 6.70. The van der Waals surface area contributed by atoms with Gasteiger partial charge in [-0.3, -0.25) is 9.59 Å². The number of hydrogen-bond donors (Lipinski definition) is 2. The summed E-state index contributed by atoms with van der Waals surface area (Å²) in [6, 6.07) is 3.89. The molecule has 0 aromatic heterocycles. The van der Waals surface area contributed by atoms with E-state index in [4.69, 9.17) is 4.74 Å². The summed E-state index contributed by atoms with van der Waals surface area (Å²) in [7, 11) is 0. The molecular weight excluding hydrogens is 389 g/mol. The van der Waals surface area contributed by atoms with Crippen LogP contribution in [-0.2, 0) is 19.1 Å². The van der Waals surface area contributed by atoms with Crippen LogP contribution >= 0.6 is 11.8 Å². The van der Waals surface area contributed by atoms with E-state index >= 15 is 0 Å². The number of amides is 2. The van der Waals surface area contributed by atoms with E-state index in [1.54, 1.807) is 6.92 Å². The van der Waals surface area contributed by atoms with Crippen LogP contribution in [0.4, 0.5) is 18.9 Å². The second-order valence-electron chi connectivity index (χ2n) is 5.46. The summed E-state index contributed by atoms with van der Waals surface area (Å²) < 4.78 is 44.9. The molecule has 0 radical (unpaired) electrons. The Balaban J connectivity index is 1.84. The number of esters is 1. The molecule has 148 valence electrons. The molecule has 1 aliphatic heterocycles. The second kappa shape index (κ2) is 8.98. The van der Waals surface area contributed by atoms with Crippen LogP contribution in [-0.4, -0.2) is 47.8 Å². The summed E-state index contributed by atoms with van der Waals surface area (Å²) >= 11 is 1.16. The normalized spacial score (nSPS) is 19.8. The molecule has 2 N–H and O–H groups in total. The molecule has 7 nitrogen and oxygen atoms in total. The Morgan fingerprint density at radius 3 is 2.52 bits per heavy atom. The maximum atomic E-state index is 12.1. The van der Waals surface area contributed by atoms with Crippen molar-refractivity contribution in [2.24, 2.45) is 0 Å². The molecule has 2 atom stereocenters. The van der Waals surface area contributed by atoms with Crippen molar-refractivity contribution in [2.75, 3.05) is 17.7 Å². The zero-order chi connectivity index (χ0) is 20.0. The van der Waals surface area contributed by atoms with Crippen molar-refractivity contribution in [3.8, 4) is 5.75 Å². The standard InChI is InChI=1S/C16H17F3N2O5S/c1-2-25-15(24)11-8-27-12(14(23)21-11)7-13(22)20-9-3-5-10(6-4-9)26-16(17,18)19/h3-6,11-12H,2,7-8H2,1H3,(H,20,22)(H,21,23)/t11-,12+/m0/s1. The van der Waals surface area contributed by atoms with Gasteiger partial charge in [0.2, 0.25) is 11.8 Å². The van der Waals surface area contributed by atoms with Crippen molar-refractivity contribution < 1.29 is 37.0 Å². The van der Waals surface area contributed by atoms with Gasteiger partial charge in [-0.2, -0.15) is 0 Å². The highest BCUT2D eigenvalue weighted by atomic mass is 32.2. The maximum Gasteiger partial charge on any atom is 0.573 e. The fourth-order valence-electron chi connectivity index (χ4n) is 2.24. The van der Waals surface area contributed by atoms with Crippen molar-refractivity contribution >= 4 is 35.2 Å². The number of carbonyl (C=O) groups is 3. The number of alkyl halides is 3. The third-order valence-electron chi connectivity index (χ3n) is 3.39. The van der Waals surface area contributed by atoms with Crippen LogP contribution in [0.2, 0.25) is 0 Å². The molecule has 0 spiro atoms. The van der Waals surface area contributed by atoms with Gasteiger partial charge in [-0.05, 0) is 31.2 Å². The molecule has 0 bridgehead atoms. The third kappa shape index (κ3) is 6.66. The number of nitrogens with one attached hydrogen (secondary N) is 2. The van der Waals surface area contributed by atoms with E-state index in [1.807, 2.05) is 0 Å². The average Bonchev–Trinajstić information content (AvgIpc) is 2.57. The minimum absolute atomic E-state index is 0.146.